The fourth-order valence-electron chi connectivity index (χ4n) is 1.93. The van der Waals surface area contributed by atoms with Gasteiger partial charge >= 0.3 is 0 Å². The second-order valence-corrected chi connectivity index (χ2v) is 4.05. The van der Waals surface area contributed by atoms with E-state index in [0.717, 1.165) is 24.1 Å². The minimum absolute atomic E-state index is 0.380. The summed E-state index contributed by atoms with van der Waals surface area (Å²) in [6.07, 6.45) is 9.38. The highest BCUT2D eigenvalue weighted by Crippen LogP contribution is 2.20. The molecule has 17 heavy (non-hydrogen) atoms. The summed E-state index contributed by atoms with van der Waals surface area (Å²) in [5.41, 5.74) is 9.29. The minimum Gasteiger partial charge on any atom is -0.334 e. The third-order valence-corrected chi connectivity index (χ3v) is 2.93. The van der Waals surface area contributed by atoms with E-state index in [9.17, 15) is 0 Å². The molecule has 4 nitrogen and oxygen atoms in total. The molecule has 2 aromatic rings. The summed E-state index contributed by atoms with van der Waals surface area (Å²) in [4.78, 5) is 8.49. The molecule has 1 atom stereocenters. The first kappa shape index (κ1) is 11.8. The van der Waals surface area contributed by atoms with Crippen LogP contribution in [0, 0.1) is 0 Å². The van der Waals surface area contributed by atoms with E-state index in [2.05, 4.69) is 21.5 Å². The summed E-state index contributed by atoms with van der Waals surface area (Å²) in [6, 6.07) is 4.30. The van der Waals surface area contributed by atoms with Crippen molar-refractivity contribution in [1.29, 1.82) is 0 Å². The zero-order chi connectivity index (χ0) is 12.1. The van der Waals surface area contributed by atoms with Crippen molar-refractivity contribution in [3.63, 3.8) is 0 Å². The van der Waals surface area contributed by atoms with E-state index in [4.69, 9.17) is 5.73 Å². The quantitative estimate of drug-likeness (QED) is 0.791. The Morgan fingerprint density at radius 2 is 2.35 bits per heavy atom. The average molecular weight is 229 g/mol. The lowest BCUT2D eigenvalue weighted by molar-refractivity contribution is 0.456. The Labute approximate surface area is 102 Å². The lowest BCUT2D eigenvalue weighted by atomic mass is 10.1. The molecule has 0 aliphatic carbocycles. The molecule has 89 valence electrons. The van der Waals surface area contributed by atoms with Gasteiger partial charge < -0.3 is 4.57 Å². The first-order valence-corrected chi connectivity index (χ1v) is 5.93. The van der Waals surface area contributed by atoms with Gasteiger partial charge in [0.2, 0.25) is 0 Å². The molecule has 2 aromatic heterocycles. The number of pyridine rings is 1. The van der Waals surface area contributed by atoms with Crippen LogP contribution in [0.15, 0.2) is 37.1 Å². The highest BCUT2D eigenvalue weighted by molar-refractivity contribution is 5.56. The van der Waals surface area contributed by atoms with Gasteiger partial charge in [-0.25, -0.2) is 4.98 Å². The van der Waals surface area contributed by atoms with Crippen LogP contribution in [-0.2, 0) is 0 Å². The second-order valence-electron chi connectivity index (χ2n) is 4.05. The largest absolute Gasteiger partial charge is 0.334 e. The van der Waals surface area contributed by atoms with Gasteiger partial charge in [-0.2, -0.15) is 0 Å². The van der Waals surface area contributed by atoms with E-state index in [1.54, 1.807) is 6.20 Å². The zero-order valence-corrected chi connectivity index (χ0v) is 10.0. The summed E-state index contributed by atoms with van der Waals surface area (Å²) in [5, 5.41) is 0. The Hall–Kier alpha value is -1.68. The maximum atomic E-state index is 7.31. The van der Waals surface area contributed by atoms with Crippen LogP contribution >= 0.6 is 0 Å². The topological polar surface area (TPSA) is 54.5 Å². The maximum Gasteiger partial charge on any atom is 0.0956 e. The molecule has 0 aliphatic rings. The molecule has 0 unspecified atom stereocenters. The third kappa shape index (κ3) is 2.71. The lowest BCUT2D eigenvalue weighted by Gasteiger charge is -2.14. The van der Waals surface area contributed by atoms with E-state index < -0.39 is 0 Å². The predicted octanol–water partition coefficient (Wildman–Crippen LogP) is 2.57. The van der Waals surface area contributed by atoms with E-state index in [1.165, 1.54) is 0 Å². The van der Waals surface area contributed by atoms with Crippen LogP contribution in [0.2, 0.25) is 0 Å². The van der Waals surface area contributed by atoms with E-state index >= 15 is 0 Å². The number of hydrogen-bond acceptors (Lipinski definition) is 2. The number of imidazole rings is 1. The normalized spacial score (nSPS) is 12.6. The van der Waals surface area contributed by atoms with Gasteiger partial charge in [0.05, 0.1) is 12.0 Å². The van der Waals surface area contributed by atoms with Gasteiger partial charge in [0.25, 0.3) is 0 Å². The van der Waals surface area contributed by atoms with Crippen molar-refractivity contribution in [1.82, 2.24) is 20.3 Å². The molecule has 2 heterocycles. The summed E-state index contributed by atoms with van der Waals surface area (Å²) in [5.74, 6) is 0. The first-order chi connectivity index (χ1) is 8.35. The minimum atomic E-state index is 0.380. The maximum absolute atomic E-state index is 7.31. The van der Waals surface area contributed by atoms with Crippen molar-refractivity contribution in [2.24, 2.45) is 0 Å². The van der Waals surface area contributed by atoms with Gasteiger partial charge in [0, 0.05) is 36.7 Å². The third-order valence-electron chi connectivity index (χ3n) is 2.93. The van der Waals surface area contributed by atoms with Crippen molar-refractivity contribution in [3.8, 4) is 11.3 Å². The Bertz CT molecular complexity index is 449. The molecule has 0 aromatic carbocycles. The molecule has 0 aliphatic heterocycles. The molecular weight excluding hydrogens is 212 g/mol. The van der Waals surface area contributed by atoms with E-state index in [-0.39, 0.29) is 0 Å². The number of hydrogen-bond donors (Lipinski definition) is 0. The molecular formula is C13H17N4. The SMILES string of the molecule is CC[C@H](CC[NH])n1cnc(-c2cccnc2)c1. The number of nitrogens with one attached hydrogen (secondary N) is 1. The van der Waals surface area contributed by atoms with Crippen LogP contribution in [0.5, 0.6) is 0 Å². The molecule has 0 bridgehead atoms. The first-order valence-electron chi connectivity index (χ1n) is 5.93. The van der Waals surface area contributed by atoms with E-state index in [1.807, 2.05) is 30.9 Å². The fourth-order valence-corrected chi connectivity index (χ4v) is 1.93. The van der Waals surface area contributed by atoms with Gasteiger partial charge in [-0.15, -0.1) is 0 Å². The van der Waals surface area contributed by atoms with Gasteiger partial charge in [0.1, 0.15) is 0 Å². The van der Waals surface area contributed by atoms with Gasteiger partial charge in [0.15, 0.2) is 0 Å². The van der Waals surface area contributed by atoms with Crippen LogP contribution in [0.1, 0.15) is 25.8 Å². The number of rotatable bonds is 5. The van der Waals surface area contributed by atoms with Crippen LogP contribution in [0.25, 0.3) is 11.3 Å². The van der Waals surface area contributed by atoms with Crippen molar-refractivity contribution in [2.75, 3.05) is 6.54 Å². The summed E-state index contributed by atoms with van der Waals surface area (Å²) in [6.45, 7) is 2.60. The van der Waals surface area contributed by atoms with Gasteiger partial charge in [-0.3, -0.25) is 10.7 Å². The highest BCUT2D eigenvalue weighted by Gasteiger charge is 2.09. The molecule has 4 heteroatoms. The molecule has 1 N–H and O–H groups in total. The number of nitrogens with zero attached hydrogens (tertiary/aromatic N) is 3. The molecule has 1 radical (unpaired) electrons. The molecule has 0 amide bonds. The summed E-state index contributed by atoms with van der Waals surface area (Å²) >= 11 is 0. The smallest absolute Gasteiger partial charge is 0.0956 e. The Balaban J connectivity index is 2.21. The van der Waals surface area contributed by atoms with Gasteiger partial charge in [-0.05, 0) is 25.0 Å². The van der Waals surface area contributed by atoms with Gasteiger partial charge in [-0.1, -0.05) is 6.92 Å². The Morgan fingerprint density at radius 3 is 3.00 bits per heavy atom. The lowest BCUT2D eigenvalue weighted by Crippen LogP contribution is -2.08. The second kappa shape index (κ2) is 5.59. The molecule has 2 rings (SSSR count). The molecule has 0 saturated carbocycles. The average Bonchev–Trinajstić information content (AvgIpc) is 2.86. The standard InChI is InChI=1S/C13H17N4/c1-2-12(5-6-14)17-9-13(16-10-17)11-4-3-7-15-8-11/h3-4,7-10,12,14H,2,5-6H2,1H3/t12-/m1/s1. The summed E-state index contributed by atoms with van der Waals surface area (Å²) < 4.78 is 2.11. The van der Waals surface area contributed by atoms with Crippen LogP contribution < -0.4 is 5.73 Å². The van der Waals surface area contributed by atoms with Crippen molar-refractivity contribution in [2.45, 2.75) is 25.8 Å². The Kier molecular flexibility index (Phi) is 3.88. The van der Waals surface area contributed by atoms with E-state index in [0.29, 0.717) is 12.6 Å². The predicted molar refractivity (Wildman–Crippen MR) is 67.4 cm³/mol. The van der Waals surface area contributed by atoms with Crippen LogP contribution in [-0.4, -0.2) is 21.1 Å². The van der Waals surface area contributed by atoms with Crippen molar-refractivity contribution < 1.29 is 0 Å². The molecule has 0 saturated heterocycles. The monoisotopic (exact) mass is 229 g/mol. The zero-order valence-electron chi connectivity index (χ0n) is 10.0. The molecule has 0 spiro atoms. The highest BCUT2D eigenvalue weighted by atomic mass is 15.1. The number of aromatic nitrogens is 3. The van der Waals surface area contributed by atoms with Crippen LogP contribution in [0.4, 0.5) is 0 Å². The Morgan fingerprint density at radius 1 is 1.47 bits per heavy atom. The van der Waals surface area contributed by atoms with Crippen LogP contribution in [0.3, 0.4) is 0 Å². The fraction of sp³-hybridized carbons (Fsp3) is 0.385. The van der Waals surface area contributed by atoms with Crippen molar-refractivity contribution >= 4 is 0 Å². The van der Waals surface area contributed by atoms with Crippen molar-refractivity contribution in [3.05, 3.63) is 37.1 Å². The molecule has 0 fully saturated rings. The summed E-state index contributed by atoms with van der Waals surface area (Å²) in [7, 11) is 0.